The molecule has 0 saturated carbocycles. The van der Waals surface area contributed by atoms with Crippen LogP contribution in [0.2, 0.25) is 0 Å². The fraction of sp³-hybridized carbons (Fsp3) is 0.625. The SMILES string of the molecule is COc1ccc(C(O)CN2CCC(C)CC2)c(OC)c1. The molecule has 4 nitrogen and oxygen atoms in total. The fourth-order valence-electron chi connectivity index (χ4n) is 2.68. The van der Waals surface area contributed by atoms with Gasteiger partial charge in [0.25, 0.3) is 0 Å². The molecule has 0 aromatic heterocycles. The molecule has 1 aromatic carbocycles. The number of hydrogen-bond donors (Lipinski definition) is 1. The predicted octanol–water partition coefficient (Wildman–Crippen LogP) is 2.47. The molecule has 0 radical (unpaired) electrons. The maximum Gasteiger partial charge on any atom is 0.128 e. The van der Waals surface area contributed by atoms with Crippen LogP contribution in [0, 0.1) is 5.92 Å². The summed E-state index contributed by atoms with van der Waals surface area (Å²) in [7, 11) is 3.24. The monoisotopic (exact) mass is 279 g/mol. The summed E-state index contributed by atoms with van der Waals surface area (Å²) in [6.07, 6.45) is 1.91. The Balaban J connectivity index is 2.03. The molecule has 1 fully saturated rings. The smallest absolute Gasteiger partial charge is 0.128 e. The lowest BCUT2D eigenvalue weighted by Crippen LogP contribution is -2.36. The molecule has 1 aromatic rings. The Labute approximate surface area is 121 Å². The second kappa shape index (κ2) is 6.95. The number of hydrogen-bond acceptors (Lipinski definition) is 4. The van der Waals surface area contributed by atoms with Crippen molar-refractivity contribution in [1.82, 2.24) is 4.90 Å². The first kappa shape index (κ1) is 15.1. The standard InChI is InChI=1S/C16H25NO3/c1-12-6-8-17(9-7-12)11-15(18)14-5-4-13(19-2)10-16(14)20-3/h4-5,10,12,15,18H,6-9,11H2,1-3H3. The zero-order chi connectivity index (χ0) is 14.5. The summed E-state index contributed by atoms with van der Waals surface area (Å²) in [5.41, 5.74) is 0.826. The Morgan fingerprint density at radius 2 is 1.95 bits per heavy atom. The minimum absolute atomic E-state index is 0.524. The van der Waals surface area contributed by atoms with E-state index in [4.69, 9.17) is 9.47 Å². The topological polar surface area (TPSA) is 41.9 Å². The van der Waals surface area contributed by atoms with Crippen molar-refractivity contribution in [3.63, 3.8) is 0 Å². The zero-order valence-electron chi connectivity index (χ0n) is 12.6. The number of rotatable bonds is 5. The van der Waals surface area contributed by atoms with E-state index < -0.39 is 6.10 Å². The lowest BCUT2D eigenvalue weighted by molar-refractivity contribution is 0.0898. The van der Waals surface area contributed by atoms with Crippen molar-refractivity contribution in [2.45, 2.75) is 25.9 Å². The largest absolute Gasteiger partial charge is 0.497 e. The molecule has 1 N–H and O–H groups in total. The highest BCUT2D eigenvalue weighted by molar-refractivity contribution is 5.42. The number of benzene rings is 1. The van der Waals surface area contributed by atoms with Gasteiger partial charge in [-0.05, 0) is 44.0 Å². The van der Waals surface area contributed by atoms with Gasteiger partial charge in [-0.1, -0.05) is 6.92 Å². The summed E-state index contributed by atoms with van der Waals surface area (Å²) in [5.74, 6) is 2.23. The number of piperidine rings is 1. The molecule has 20 heavy (non-hydrogen) atoms. The molecule has 0 spiro atoms. The van der Waals surface area contributed by atoms with Crippen LogP contribution in [0.3, 0.4) is 0 Å². The van der Waals surface area contributed by atoms with Crippen molar-refractivity contribution in [1.29, 1.82) is 0 Å². The number of aliphatic hydroxyl groups is 1. The van der Waals surface area contributed by atoms with Gasteiger partial charge >= 0.3 is 0 Å². The molecular formula is C16H25NO3. The van der Waals surface area contributed by atoms with Crippen molar-refractivity contribution in [3.8, 4) is 11.5 Å². The van der Waals surface area contributed by atoms with E-state index in [1.165, 1.54) is 12.8 Å². The number of nitrogens with zero attached hydrogens (tertiary/aromatic N) is 1. The molecule has 1 saturated heterocycles. The van der Waals surface area contributed by atoms with Gasteiger partial charge in [0.1, 0.15) is 11.5 Å². The second-order valence-corrected chi connectivity index (χ2v) is 5.61. The van der Waals surface area contributed by atoms with Crippen LogP contribution in [0.25, 0.3) is 0 Å². The van der Waals surface area contributed by atoms with Crippen molar-refractivity contribution >= 4 is 0 Å². The molecule has 2 rings (SSSR count). The molecule has 0 aliphatic carbocycles. The lowest BCUT2D eigenvalue weighted by atomic mass is 9.98. The molecule has 1 atom stereocenters. The highest BCUT2D eigenvalue weighted by Crippen LogP contribution is 2.30. The second-order valence-electron chi connectivity index (χ2n) is 5.61. The van der Waals surface area contributed by atoms with E-state index in [1.807, 2.05) is 18.2 Å². The quantitative estimate of drug-likeness (QED) is 0.899. The van der Waals surface area contributed by atoms with E-state index in [-0.39, 0.29) is 0 Å². The van der Waals surface area contributed by atoms with Crippen LogP contribution in [0.5, 0.6) is 11.5 Å². The number of β-amino-alcohol motifs (C(OH)–C–C–N with tert-alkyl or cyclic N) is 1. The van der Waals surface area contributed by atoms with Crippen LogP contribution in [0.1, 0.15) is 31.4 Å². The Morgan fingerprint density at radius 3 is 2.55 bits per heavy atom. The summed E-state index contributed by atoms with van der Waals surface area (Å²) >= 11 is 0. The van der Waals surface area contributed by atoms with Crippen LogP contribution in [-0.2, 0) is 0 Å². The Hall–Kier alpha value is -1.26. The summed E-state index contributed by atoms with van der Waals surface area (Å²) in [4.78, 5) is 2.33. The van der Waals surface area contributed by atoms with Gasteiger partial charge in [-0.3, -0.25) is 0 Å². The van der Waals surface area contributed by atoms with Crippen molar-refractivity contribution < 1.29 is 14.6 Å². The lowest BCUT2D eigenvalue weighted by Gasteiger charge is -2.32. The van der Waals surface area contributed by atoms with Gasteiger partial charge in [0.2, 0.25) is 0 Å². The van der Waals surface area contributed by atoms with Crippen LogP contribution >= 0.6 is 0 Å². The molecule has 4 heteroatoms. The van der Waals surface area contributed by atoms with E-state index in [0.717, 1.165) is 30.3 Å². The number of aliphatic hydroxyl groups excluding tert-OH is 1. The molecule has 1 aliphatic rings. The first-order valence-electron chi connectivity index (χ1n) is 7.26. The third kappa shape index (κ3) is 3.64. The third-order valence-corrected chi connectivity index (χ3v) is 4.11. The van der Waals surface area contributed by atoms with Crippen LogP contribution in [0.4, 0.5) is 0 Å². The van der Waals surface area contributed by atoms with Crippen molar-refractivity contribution in [3.05, 3.63) is 23.8 Å². The molecular weight excluding hydrogens is 254 g/mol. The van der Waals surface area contributed by atoms with E-state index in [1.54, 1.807) is 14.2 Å². The van der Waals surface area contributed by atoms with Gasteiger partial charge in [0.05, 0.1) is 20.3 Å². The zero-order valence-corrected chi connectivity index (χ0v) is 12.6. The van der Waals surface area contributed by atoms with E-state index in [0.29, 0.717) is 12.3 Å². The summed E-state index contributed by atoms with van der Waals surface area (Å²) < 4.78 is 10.5. The summed E-state index contributed by atoms with van der Waals surface area (Å²) in [6, 6.07) is 5.56. The first-order valence-corrected chi connectivity index (χ1v) is 7.26. The van der Waals surface area contributed by atoms with E-state index in [9.17, 15) is 5.11 Å². The maximum absolute atomic E-state index is 10.5. The number of ether oxygens (including phenoxy) is 2. The molecule has 0 bridgehead atoms. The highest BCUT2D eigenvalue weighted by atomic mass is 16.5. The molecule has 0 amide bonds. The van der Waals surface area contributed by atoms with Gasteiger partial charge in [0, 0.05) is 18.2 Å². The highest BCUT2D eigenvalue weighted by Gasteiger charge is 2.21. The maximum atomic E-state index is 10.5. The predicted molar refractivity (Wildman–Crippen MR) is 79.3 cm³/mol. The minimum Gasteiger partial charge on any atom is -0.497 e. The first-order chi connectivity index (χ1) is 9.63. The molecule has 1 aliphatic heterocycles. The van der Waals surface area contributed by atoms with Gasteiger partial charge in [0.15, 0.2) is 0 Å². The van der Waals surface area contributed by atoms with Crippen LogP contribution in [0.15, 0.2) is 18.2 Å². The van der Waals surface area contributed by atoms with Crippen LogP contribution < -0.4 is 9.47 Å². The Bertz CT molecular complexity index is 428. The third-order valence-electron chi connectivity index (χ3n) is 4.11. The molecule has 1 heterocycles. The van der Waals surface area contributed by atoms with Gasteiger partial charge in [-0.15, -0.1) is 0 Å². The van der Waals surface area contributed by atoms with Crippen LogP contribution in [-0.4, -0.2) is 43.9 Å². The van der Waals surface area contributed by atoms with E-state index >= 15 is 0 Å². The normalized spacial score (nSPS) is 18.8. The Kier molecular flexibility index (Phi) is 5.26. The van der Waals surface area contributed by atoms with Gasteiger partial charge in [-0.2, -0.15) is 0 Å². The fourth-order valence-corrected chi connectivity index (χ4v) is 2.68. The van der Waals surface area contributed by atoms with Crippen molar-refractivity contribution in [2.75, 3.05) is 33.9 Å². The summed E-state index contributed by atoms with van der Waals surface area (Å²) in [5, 5.41) is 10.5. The number of likely N-dealkylation sites (tertiary alicyclic amines) is 1. The minimum atomic E-state index is -0.524. The molecule has 112 valence electrons. The van der Waals surface area contributed by atoms with Gasteiger partial charge < -0.3 is 19.5 Å². The average Bonchev–Trinajstić information content (AvgIpc) is 2.48. The Morgan fingerprint density at radius 1 is 1.25 bits per heavy atom. The molecule has 1 unspecified atom stereocenters. The average molecular weight is 279 g/mol. The number of methoxy groups -OCH3 is 2. The summed E-state index contributed by atoms with van der Waals surface area (Å²) in [6.45, 7) is 5.09. The van der Waals surface area contributed by atoms with E-state index in [2.05, 4.69) is 11.8 Å². The van der Waals surface area contributed by atoms with Gasteiger partial charge in [-0.25, -0.2) is 0 Å². The van der Waals surface area contributed by atoms with Crippen molar-refractivity contribution in [2.24, 2.45) is 5.92 Å².